The molecule has 0 aromatic heterocycles. The van der Waals surface area contributed by atoms with Crippen LogP contribution in [0.2, 0.25) is 0 Å². The molecular formula is C14H29N3O2S. The number of piperidine rings is 2. The maximum atomic E-state index is 12.8. The average Bonchev–Trinajstić information content (AvgIpc) is 2.46. The first-order chi connectivity index (χ1) is 9.45. The van der Waals surface area contributed by atoms with E-state index >= 15 is 0 Å². The highest BCUT2D eigenvalue weighted by molar-refractivity contribution is 7.86. The molecule has 0 spiro atoms. The molecule has 2 saturated heterocycles. The van der Waals surface area contributed by atoms with Gasteiger partial charge in [0.15, 0.2) is 0 Å². The van der Waals surface area contributed by atoms with Gasteiger partial charge in [-0.05, 0) is 51.5 Å². The number of rotatable bonds is 4. The van der Waals surface area contributed by atoms with Crippen LogP contribution in [0.5, 0.6) is 0 Å². The van der Waals surface area contributed by atoms with E-state index in [2.05, 4.69) is 19.2 Å². The molecule has 2 fully saturated rings. The Kier molecular flexibility index (Phi) is 5.45. The molecule has 2 aliphatic heterocycles. The first-order valence-corrected chi connectivity index (χ1v) is 9.27. The Morgan fingerprint density at radius 3 is 2.30 bits per heavy atom. The molecule has 2 rings (SSSR count). The first kappa shape index (κ1) is 16.2. The SMILES string of the molecule is CNC(C)C1CCCN(S(=O)(=O)N2CCCC(C)C2)C1. The monoisotopic (exact) mass is 303 g/mol. The summed E-state index contributed by atoms with van der Waals surface area (Å²) in [4.78, 5) is 0. The van der Waals surface area contributed by atoms with Crippen molar-refractivity contribution >= 4 is 10.2 Å². The fourth-order valence-corrected chi connectivity index (χ4v) is 5.22. The van der Waals surface area contributed by atoms with Crippen LogP contribution < -0.4 is 5.32 Å². The van der Waals surface area contributed by atoms with Gasteiger partial charge in [0.2, 0.25) is 0 Å². The van der Waals surface area contributed by atoms with Crippen LogP contribution in [0.4, 0.5) is 0 Å². The van der Waals surface area contributed by atoms with Gasteiger partial charge < -0.3 is 5.32 Å². The molecule has 20 heavy (non-hydrogen) atoms. The Morgan fingerprint density at radius 2 is 1.70 bits per heavy atom. The summed E-state index contributed by atoms with van der Waals surface area (Å²) in [5.74, 6) is 0.904. The highest BCUT2D eigenvalue weighted by Gasteiger charge is 2.36. The Balaban J connectivity index is 2.05. The van der Waals surface area contributed by atoms with E-state index in [9.17, 15) is 8.42 Å². The summed E-state index contributed by atoms with van der Waals surface area (Å²) in [6, 6.07) is 0.369. The maximum absolute atomic E-state index is 12.8. The third kappa shape index (κ3) is 3.53. The number of nitrogens with one attached hydrogen (secondary N) is 1. The lowest BCUT2D eigenvalue weighted by atomic mass is 9.93. The largest absolute Gasteiger partial charge is 0.317 e. The predicted molar refractivity (Wildman–Crippen MR) is 81.7 cm³/mol. The van der Waals surface area contributed by atoms with Crippen molar-refractivity contribution in [1.82, 2.24) is 13.9 Å². The minimum atomic E-state index is -3.25. The van der Waals surface area contributed by atoms with E-state index < -0.39 is 10.2 Å². The summed E-state index contributed by atoms with van der Waals surface area (Å²) in [5, 5.41) is 3.26. The summed E-state index contributed by atoms with van der Waals surface area (Å²) in [6.07, 6.45) is 4.22. The third-order valence-electron chi connectivity index (χ3n) is 4.86. The van der Waals surface area contributed by atoms with Crippen molar-refractivity contribution in [1.29, 1.82) is 0 Å². The number of hydrogen-bond acceptors (Lipinski definition) is 3. The van der Waals surface area contributed by atoms with Gasteiger partial charge in [0.25, 0.3) is 10.2 Å². The number of hydrogen-bond donors (Lipinski definition) is 1. The maximum Gasteiger partial charge on any atom is 0.281 e. The fraction of sp³-hybridized carbons (Fsp3) is 1.00. The van der Waals surface area contributed by atoms with E-state index in [1.54, 1.807) is 8.61 Å². The fourth-order valence-electron chi connectivity index (χ4n) is 3.35. The van der Waals surface area contributed by atoms with Crippen LogP contribution in [0.25, 0.3) is 0 Å². The normalized spacial score (nSPS) is 32.1. The second-order valence-electron chi connectivity index (χ2n) is 6.45. The van der Waals surface area contributed by atoms with E-state index in [0.29, 0.717) is 44.1 Å². The molecule has 0 saturated carbocycles. The van der Waals surface area contributed by atoms with Crippen LogP contribution in [0.15, 0.2) is 0 Å². The lowest BCUT2D eigenvalue weighted by Gasteiger charge is -2.39. The summed E-state index contributed by atoms with van der Waals surface area (Å²) in [6.45, 7) is 7.00. The van der Waals surface area contributed by atoms with Gasteiger partial charge in [-0.3, -0.25) is 0 Å². The molecule has 0 aliphatic carbocycles. The molecular weight excluding hydrogens is 274 g/mol. The molecule has 3 atom stereocenters. The molecule has 118 valence electrons. The Labute approximate surface area is 123 Å². The average molecular weight is 303 g/mol. The first-order valence-electron chi connectivity index (χ1n) is 7.87. The van der Waals surface area contributed by atoms with Gasteiger partial charge in [-0.25, -0.2) is 0 Å². The topological polar surface area (TPSA) is 52.7 Å². The van der Waals surface area contributed by atoms with E-state index in [1.807, 2.05) is 7.05 Å². The highest BCUT2D eigenvalue weighted by Crippen LogP contribution is 2.26. The van der Waals surface area contributed by atoms with Gasteiger partial charge in [-0.15, -0.1) is 0 Å². The van der Waals surface area contributed by atoms with E-state index in [-0.39, 0.29) is 0 Å². The second-order valence-corrected chi connectivity index (χ2v) is 8.38. The van der Waals surface area contributed by atoms with Gasteiger partial charge in [-0.2, -0.15) is 17.0 Å². The minimum absolute atomic E-state index is 0.369. The second kappa shape index (κ2) is 6.73. The molecule has 2 heterocycles. The zero-order valence-electron chi connectivity index (χ0n) is 13.0. The van der Waals surface area contributed by atoms with Crippen molar-refractivity contribution in [3.63, 3.8) is 0 Å². The highest BCUT2D eigenvalue weighted by atomic mass is 32.2. The summed E-state index contributed by atoms with van der Waals surface area (Å²) >= 11 is 0. The molecule has 2 aliphatic rings. The molecule has 1 N–H and O–H groups in total. The molecule has 5 nitrogen and oxygen atoms in total. The molecule has 0 aromatic carbocycles. The van der Waals surface area contributed by atoms with Crippen LogP contribution in [0.3, 0.4) is 0 Å². The molecule has 0 amide bonds. The van der Waals surface area contributed by atoms with Gasteiger partial charge >= 0.3 is 0 Å². The van der Waals surface area contributed by atoms with Crippen molar-refractivity contribution in [2.45, 2.75) is 45.6 Å². The predicted octanol–water partition coefficient (Wildman–Crippen LogP) is 1.28. The third-order valence-corrected chi connectivity index (χ3v) is 6.82. The number of nitrogens with zero attached hydrogens (tertiary/aromatic N) is 2. The zero-order valence-corrected chi connectivity index (χ0v) is 13.8. The van der Waals surface area contributed by atoms with Crippen LogP contribution in [-0.4, -0.2) is 56.3 Å². The Morgan fingerprint density at radius 1 is 1.10 bits per heavy atom. The van der Waals surface area contributed by atoms with Gasteiger partial charge in [0.1, 0.15) is 0 Å². The van der Waals surface area contributed by atoms with Crippen LogP contribution in [0.1, 0.15) is 39.5 Å². The Bertz CT molecular complexity index is 413. The van der Waals surface area contributed by atoms with Crippen molar-refractivity contribution in [3.8, 4) is 0 Å². The zero-order chi connectivity index (χ0) is 14.8. The van der Waals surface area contributed by atoms with Crippen LogP contribution in [0, 0.1) is 11.8 Å². The standard InChI is InChI=1S/C14H29N3O2S/c1-12-6-4-8-16(10-12)20(18,19)17-9-5-7-14(11-17)13(2)15-3/h12-15H,4-11H2,1-3H3. The van der Waals surface area contributed by atoms with Crippen molar-refractivity contribution in [2.24, 2.45) is 11.8 Å². The molecule has 0 bridgehead atoms. The smallest absolute Gasteiger partial charge is 0.281 e. The van der Waals surface area contributed by atoms with Gasteiger partial charge in [0, 0.05) is 32.2 Å². The minimum Gasteiger partial charge on any atom is -0.317 e. The van der Waals surface area contributed by atoms with E-state index in [0.717, 1.165) is 25.7 Å². The quantitative estimate of drug-likeness (QED) is 0.851. The van der Waals surface area contributed by atoms with Crippen molar-refractivity contribution < 1.29 is 8.42 Å². The van der Waals surface area contributed by atoms with Crippen molar-refractivity contribution in [3.05, 3.63) is 0 Å². The summed E-state index contributed by atoms with van der Waals surface area (Å²) in [7, 11) is -1.30. The molecule has 3 unspecified atom stereocenters. The molecule has 0 aromatic rings. The molecule has 6 heteroatoms. The lowest BCUT2D eigenvalue weighted by molar-refractivity contribution is 0.203. The van der Waals surface area contributed by atoms with Gasteiger partial charge in [-0.1, -0.05) is 6.92 Å². The molecule has 0 radical (unpaired) electrons. The van der Waals surface area contributed by atoms with Gasteiger partial charge in [0.05, 0.1) is 0 Å². The lowest BCUT2D eigenvalue weighted by Crippen LogP contribution is -2.52. The summed E-state index contributed by atoms with van der Waals surface area (Å²) < 4.78 is 29.0. The van der Waals surface area contributed by atoms with Crippen LogP contribution in [-0.2, 0) is 10.2 Å². The van der Waals surface area contributed by atoms with E-state index in [1.165, 1.54) is 0 Å². The van der Waals surface area contributed by atoms with E-state index in [4.69, 9.17) is 0 Å². The summed E-state index contributed by atoms with van der Waals surface area (Å²) in [5.41, 5.74) is 0. The van der Waals surface area contributed by atoms with Crippen molar-refractivity contribution in [2.75, 3.05) is 33.2 Å². The van der Waals surface area contributed by atoms with Crippen LogP contribution >= 0.6 is 0 Å². The Hall–Kier alpha value is -0.170.